The number of H-pyrrole nitrogens is 1. The Morgan fingerprint density at radius 3 is 2.39 bits per heavy atom. The molecule has 2 aliphatic heterocycles. The zero-order valence-electron chi connectivity index (χ0n) is 27.5. The number of imide groups is 1. The number of nitrogens with zero attached hydrogens (tertiary/aromatic N) is 1. The highest BCUT2D eigenvalue weighted by molar-refractivity contribution is 8.00. The summed E-state index contributed by atoms with van der Waals surface area (Å²) in [4.78, 5) is 70.7. The average molecular weight is 728 g/mol. The van der Waals surface area contributed by atoms with Crippen LogP contribution in [0, 0.1) is 29.6 Å². The Hall–Kier alpha value is -5.08. The second-order valence-electron chi connectivity index (χ2n) is 13.0. The van der Waals surface area contributed by atoms with Gasteiger partial charge in [-0.25, -0.2) is 4.79 Å². The van der Waals surface area contributed by atoms with Crippen molar-refractivity contribution in [3.8, 4) is 17.2 Å². The molecule has 1 saturated heterocycles. The number of methoxy groups -OCH3 is 1. The number of hydrogen-bond acceptors (Lipinski definition) is 11. The molecule has 4 aromatic rings. The van der Waals surface area contributed by atoms with Crippen molar-refractivity contribution in [2.24, 2.45) is 29.6 Å². The third kappa shape index (κ3) is 5.57. The molecule has 8 rings (SSSR count). The number of carbonyl (C=O) groups excluding carboxylic acids is 4. The van der Waals surface area contributed by atoms with Crippen LogP contribution < -0.4 is 24.6 Å². The van der Waals surface area contributed by atoms with E-state index in [9.17, 15) is 29.1 Å². The lowest BCUT2D eigenvalue weighted by molar-refractivity contribution is -0.123. The molecular weight excluding hydrogens is 695 g/mol. The molecule has 4 aliphatic rings. The Kier molecular flexibility index (Phi) is 8.38. The smallest absolute Gasteiger partial charge is 0.338 e. The molecule has 3 N–H and O–H groups in total. The minimum absolute atomic E-state index is 0.00703. The van der Waals surface area contributed by atoms with E-state index in [2.05, 4.69) is 10.3 Å². The third-order valence-electron chi connectivity index (χ3n) is 10.4. The maximum Gasteiger partial charge on any atom is 0.338 e. The van der Waals surface area contributed by atoms with E-state index in [0.29, 0.717) is 28.4 Å². The minimum atomic E-state index is -0.495. The van der Waals surface area contributed by atoms with Gasteiger partial charge in [-0.3, -0.25) is 24.1 Å². The number of anilines is 2. The molecule has 3 heterocycles. The SMILES string of the molecule is CCOC(=O)c1ccc(N2C(=O)[C@H]3[C@H]4C[C@@H]([C@@H]3C2=O)[C@@H]2[C@H](c3ccc(OCC(=O)Nc5ccc(O)cc5)c(OC)c3)c3sc(=O)[nH]c3S[C@H]42)cc1. The number of ether oxygens (including phenoxy) is 3. The van der Waals surface area contributed by atoms with E-state index in [1.54, 1.807) is 61.2 Å². The second kappa shape index (κ2) is 12.9. The number of nitrogens with one attached hydrogen (secondary N) is 2. The van der Waals surface area contributed by atoms with Gasteiger partial charge < -0.3 is 29.6 Å². The predicted octanol–water partition coefficient (Wildman–Crippen LogP) is 5.02. The lowest BCUT2D eigenvalue weighted by atomic mass is 9.68. The number of rotatable bonds is 9. The largest absolute Gasteiger partial charge is 0.508 e. The number of fused-ring (bicyclic) bond motifs is 9. The molecule has 51 heavy (non-hydrogen) atoms. The van der Waals surface area contributed by atoms with E-state index < -0.39 is 23.7 Å². The van der Waals surface area contributed by atoms with Gasteiger partial charge in [-0.05, 0) is 97.3 Å². The molecule has 14 heteroatoms. The van der Waals surface area contributed by atoms with Crippen molar-refractivity contribution in [3.63, 3.8) is 0 Å². The number of aromatic amines is 1. The molecular formula is C37H33N3O9S2. The first-order chi connectivity index (χ1) is 24.7. The molecule has 262 valence electrons. The number of aromatic hydroxyl groups is 1. The first kappa shape index (κ1) is 33.1. The summed E-state index contributed by atoms with van der Waals surface area (Å²) in [6.45, 7) is 1.68. The Labute approximate surface area is 300 Å². The molecule has 3 amide bonds. The number of phenolic OH excluding ortho intramolecular Hbond substituents is 1. The van der Waals surface area contributed by atoms with E-state index in [0.717, 1.165) is 33.2 Å². The third-order valence-corrected chi connectivity index (χ3v) is 13.0. The Morgan fingerprint density at radius 2 is 1.69 bits per heavy atom. The maximum absolute atomic E-state index is 14.2. The lowest BCUT2D eigenvalue weighted by Crippen LogP contribution is -2.42. The van der Waals surface area contributed by atoms with Crippen LogP contribution in [-0.4, -0.2) is 59.4 Å². The number of thioether (sulfide) groups is 1. The van der Waals surface area contributed by atoms with E-state index in [1.165, 1.54) is 24.1 Å². The van der Waals surface area contributed by atoms with Gasteiger partial charge in [0.2, 0.25) is 11.8 Å². The molecule has 3 fully saturated rings. The molecule has 0 radical (unpaired) electrons. The van der Waals surface area contributed by atoms with Crippen LogP contribution in [0.15, 0.2) is 76.6 Å². The average Bonchev–Trinajstić information content (AvgIpc) is 3.87. The number of thiazole rings is 1. The standard InChI is InChI=1S/C37H33N3O9S2/c1-3-48-36(45)17-4-9-20(10-5-17)40-34(43)29-22-15-23(30(29)35(40)44)31-28(22)27(32-33(50-31)39-37(46)51-32)18-6-13-24(25(14-18)47-2)49-16-26(42)38-19-7-11-21(41)12-8-19/h4-14,22-23,27-31,41H,3,15-16H2,1-2H3,(H,38,42)(H,39,46)/t22-,23-,27+,28-,29+,30+,31-/m1/s1. The van der Waals surface area contributed by atoms with Gasteiger partial charge in [0.05, 0.1) is 41.8 Å². The predicted molar refractivity (Wildman–Crippen MR) is 189 cm³/mol. The number of aromatic nitrogens is 1. The molecule has 12 nitrogen and oxygen atoms in total. The summed E-state index contributed by atoms with van der Waals surface area (Å²) in [6.07, 6.45) is 0.731. The van der Waals surface area contributed by atoms with Crippen molar-refractivity contribution >= 4 is 58.2 Å². The van der Waals surface area contributed by atoms with E-state index in [1.807, 2.05) is 12.1 Å². The Balaban J connectivity index is 1.07. The van der Waals surface area contributed by atoms with Crippen molar-refractivity contribution in [3.05, 3.63) is 92.4 Å². The highest BCUT2D eigenvalue weighted by Crippen LogP contribution is 2.68. The van der Waals surface area contributed by atoms with Gasteiger partial charge >= 0.3 is 10.8 Å². The number of esters is 1. The molecule has 3 aromatic carbocycles. The molecule has 2 aliphatic carbocycles. The monoisotopic (exact) mass is 727 g/mol. The highest BCUT2D eigenvalue weighted by Gasteiger charge is 2.69. The summed E-state index contributed by atoms with van der Waals surface area (Å²) in [6, 6.07) is 18.0. The van der Waals surface area contributed by atoms with E-state index >= 15 is 0 Å². The molecule has 0 unspecified atom stereocenters. The van der Waals surface area contributed by atoms with Crippen LogP contribution in [0.2, 0.25) is 0 Å². The van der Waals surface area contributed by atoms with Gasteiger partial charge in [0.25, 0.3) is 5.91 Å². The Morgan fingerprint density at radius 1 is 0.961 bits per heavy atom. The number of benzene rings is 3. The van der Waals surface area contributed by atoms with Crippen LogP contribution >= 0.6 is 23.1 Å². The van der Waals surface area contributed by atoms with E-state index in [-0.39, 0.29) is 64.6 Å². The summed E-state index contributed by atoms with van der Waals surface area (Å²) >= 11 is 2.76. The summed E-state index contributed by atoms with van der Waals surface area (Å²) in [5.41, 5.74) is 2.17. The molecule has 1 aromatic heterocycles. The van der Waals surface area contributed by atoms with Gasteiger partial charge in [-0.15, -0.1) is 11.8 Å². The van der Waals surface area contributed by atoms with Gasteiger partial charge in [-0.2, -0.15) is 0 Å². The van der Waals surface area contributed by atoms with Crippen LogP contribution in [0.25, 0.3) is 0 Å². The van der Waals surface area contributed by atoms with Crippen LogP contribution in [0.1, 0.15) is 40.1 Å². The van der Waals surface area contributed by atoms with Crippen LogP contribution in [-0.2, 0) is 19.1 Å². The van der Waals surface area contributed by atoms with Crippen LogP contribution in [0.3, 0.4) is 0 Å². The topological polar surface area (TPSA) is 164 Å². The van der Waals surface area contributed by atoms with Crippen molar-refractivity contribution in [1.82, 2.24) is 4.98 Å². The number of phenols is 1. The zero-order valence-corrected chi connectivity index (χ0v) is 29.1. The number of carbonyl (C=O) groups is 4. The fourth-order valence-electron chi connectivity index (χ4n) is 8.49. The highest BCUT2D eigenvalue weighted by atomic mass is 32.2. The zero-order chi connectivity index (χ0) is 35.6. The lowest BCUT2D eigenvalue weighted by Gasteiger charge is -2.43. The maximum atomic E-state index is 14.2. The second-order valence-corrected chi connectivity index (χ2v) is 15.2. The molecule has 2 bridgehead atoms. The van der Waals surface area contributed by atoms with Crippen molar-refractivity contribution in [2.75, 3.05) is 30.5 Å². The number of amides is 3. The first-order valence-corrected chi connectivity index (χ1v) is 18.3. The summed E-state index contributed by atoms with van der Waals surface area (Å²) in [7, 11) is 1.51. The van der Waals surface area contributed by atoms with Gasteiger partial charge in [-0.1, -0.05) is 17.4 Å². The minimum Gasteiger partial charge on any atom is -0.508 e. The molecule has 7 atom stereocenters. The molecule has 2 saturated carbocycles. The van der Waals surface area contributed by atoms with Crippen LogP contribution in [0.4, 0.5) is 11.4 Å². The summed E-state index contributed by atoms with van der Waals surface area (Å²) in [5, 5.41) is 13.0. The van der Waals surface area contributed by atoms with Crippen LogP contribution in [0.5, 0.6) is 17.2 Å². The van der Waals surface area contributed by atoms with Gasteiger partial charge in [0.1, 0.15) is 5.75 Å². The van der Waals surface area contributed by atoms with Crippen molar-refractivity contribution in [1.29, 1.82) is 0 Å². The quantitative estimate of drug-likeness (QED) is 0.121. The molecule has 0 spiro atoms. The fraction of sp³-hybridized carbons (Fsp3) is 0.324. The van der Waals surface area contributed by atoms with E-state index in [4.69, 9.17) is 14.2 Å². The normalized spacial score (nSPS) is 25.6. The first-order valence-electron chi connectivity index (χ1n) is 16.6. The Bertz CT molecular complexity index is 2110. The fourth-order valence-corrected chi connectivity index (χ4v) is 11.4. The van der Waals surface area contributed by atoms with Crippen molar-refractivity contribution < 1.29 is 38.5 Å². The van der Waals surface area contributed by atoms with Crippen molar-refractivity contribution in [2.45, 2.75) is 29.5 Å². The van der Waals surface area contributed by atoms with Gasteiger partial charge in [0.15, 0.2) is 18.1 Å². The van der Waals surface area contributed by atoms with Gasteiger partial charge in [0, 0.05) is 21.7 Å². The summed E-state index contributed by atoms with van der Waals surface area (Å²) in [5.74, 6) is -1.85. The number of hydrogen-bond donors (Lipinski definition) is 3. The summed E-state index contributed by atoms with van der Waals surface area (Å²) < 4.78 is 16.6.